The van der Waals surface area contributed by atoms with Gasteiger partial charge in [-0.05, 0) is 13.8 Å². The van der Waals surface area contributed by atoms with Crippen LogP contribution in [0.1, 0.15) is 29.8 Å². The van der Waals surface area contributed by atoms with Gasteiger partial charge < -0.3 is 5.32 Å². The summed E-state index contributed by atoms with van der Waals surface area (Å²) in [6.07, 6.45) is 1.81. The first-order chi connectivity index (χ1) is 7.04. The number of hydrogen-bond donors (Lipinski definition) is 1. The van der Waals surface area contributed by atoms with E-state index >= 15 is 0 Å². The number of alkyl halides is 1. The van der Waals surface area contributed by atoms with E-state index < -0.39 is 0 Å². The third-order valence-corrected chi connectivity index (χ3v) is 3.61. The van der Waals surface area contributed by atoms with Crippen LogP contribution >= 0.6 is 22.9 Å². The van der Waals surface area contributed by atoms with E-state index in [1.54, 1.807) is 11.3 Å². The fourth-order valence-corrected chi connectivity index (χ4v) is 1.98. The Bertz CT molecular complexity index is 340. The van der Waals surface area contributed by atoms with E-state index in [2.05, 4.69) is 10.3 Å². The highest BCUT2D eigenvalue weighted by atomic mass is 35.5. The van der Waals surface area contributed by atoms with E-state index in [0.29, 0.717) is 5.88 Å². The Balaban J connectivity index is 2.56. The van der Waals surface area contributed by atoms with Crippen LogP contribution in [0.15, 0.2) is 6.20 Å². The van der Waals surface area contributed by atoms with Crippen molar-refractivity contribution in [2.45, 2.75) is 26.8 Å². The van der Waals surface area contributed by atoms with Gasteiger partial charge in [0, 0.05) is 22.9 Å². The van der Waals surface area contributed by atoms with Gasteiger partial charge in [0.15, 0.2) is 0 Å². The Morgan fingerprint density at radius 3 is 2.80 bits per heavy atom. The molecule has 0 saturated heterocycles. The van der Waals surface area contributed by atoms with Crippen molar-refractivity contribution < 1.29 is 4.79 Å². The van der Waals surface area contributed by atoms with Crippen LogP contribution in [0.4, 0.5) is 0 Å². The summed E-state index contributed by atoms with van der Waals surface area (Å²) in [5.74, 6) is 0.163. The predicted molar refractivity (Wildman–Crippen MR) is 63.3 cm³/mol. The molecule has 0 aromatic carbocycles. The molecule has 0 saturated carbocycles. The number of rotatable bonds is 4. The fourth-order valence-electron chi connectivity index (χ4n) is 1.06. The van der Waals surface area contributed by atoms with Crippen LogP contribution in [0, 0.1) is 12.8 Å². The summed E-state index contributed by atoms with van der Waals surface area (Å²) < 4.78 is 0. The molecule has 1 rings (SSSR count). The maximum Gasteiger partial charge on any atom is 0.224 e. The standard InChI is InChI=1S/C10H15ClN2OS/c1-6(4-11)9(14)13-8(3)10-12-5-7(2)15-10/h5-6,8H,4H2,1-3H3,(H,13,14). The molecule has 1 heterocycles. The molecule has 0 spiro atoms. The number of carbonyl (C=O) groups is 1. The first-order valence-corrected chi connectivity index (χ1v) is 6.18. The number of aromatic nitrogens is 1. The zero-order chi connectivity index (χ0) is 11.4. The van der Waals surface area contributed by atoms with Crippen LogP contribution in [0.2, 0.25) is 0 Å². The maximum atomic E-state index is 11.5. The van der Waals surface area contributed by atoms with Crippen molar-refractivity contribution in [2.24, 2.45) is 5.92 Å². The van der Waals surface area contributed by atoms with Gasteiger partial charge in [-0.1, -0.05) is 6.92 Å². The van der Waals surface area contributed by atoms with Gasteiger partial charge in [0.1, 0.15) is 5.01 Å². The molecule has 1 aromatic rings. The highest BCUT2D eigenvalue weighted by molar-refractivity contribution is 7.11. The van der Waals surface area contributed by atoms with Gasteiger partial charge >= 0.3 is 0 Å². The zero-order valence-corrected chi connectivity index (χ0v) is 10.7. The first-order valence-electron chi connectivity index (χ1n) is 4.83. The highest BCUT2D eigenvalue weighted by Crippen LogP contribution is 2.19. The minimum atomic E-state index is -0.157. The topological polar surface area (TPSA) is 42.0 Å². The minimum Gasteiger partial charge on any atom is -0.347 e. The molecule has 1 aromatic heterocycles. The van der Waals surface area contributed by atoms with Crippen molar-refractivity contribution in [1.82, 2.24) is 10.3 Å². The summed E-state index contributed by atoms with van der Waals surface area (Å²) in [6, 6.07) is -0.0399. The largest absolute Gasteiger partial charge is 0.347 e. The molecule has 84 valence electrons. The van der Waals surface area contributed by atoms with Crippen molar-refractivity contribution in [3.8, 4) is 0 Å². The number of nitrogens with one attached hydrogen (secondary N) is 1. The van der Waals surface area contributed by atoms with Crippen LogP contribution < -0.4 is 5.32 Å². The smallest absolute Gasteiger partial charge is 0.224 e. The monoisotopic (exact) mass is 246 g/mol. The van der Waals surface area contributed by atoms with Crippen molar-refractivity contribution >= 4 is 28.8 Å². The zero-order valence-electron chi connectivity index (χ0n) is 9.08. The van der Waals surface area contributed by atoms with Crippen LogP contribution in [-0.2, 0) is 4.79 Å². The summed E-state index contributed by atoms with van der Waals surface area (Å²) in [7, 11) is 0. The number of nitrogens with zero attached hydrogens (tertiary/aromatic N) is 1. The third-order valence-electron chi connectivity index (χ3n) is 2.05. The molecule has 0 aliphatic rings. The van der Waals surface area contributed by atoms with Crippen molar-refractivity contribution in [3.63, 3.8) is 0 Å². The molecule has 1 N–H and O–H groups in total. The van der Waals surface area contributed by atoms with Gasteiger partial charge in [0.05, 0.1) is 6.04 Å². The molecular weight excluding hydrogens is 232 g/mol. The molecule has 2 atom stereocenters. The van der Waals surface area contributed by atoms with Gasteiger partial charge in [0.2, 0.25) is 5.91 Å². The molecule has 15 heavy (non-hydrogen) atoms. The number of hydrogen-bond acceptors (Lipinski definition) is 3. The highest BCUT2D eigenvalue weighted by Gasteiger charge is 2.16. The molecule has 5 heteroatoms. The van der Waals surface area contributed by atoms with Gasteiger partial charge in [0.25, 0.3) is 0 Å². The van der Waals surface area contributed by atoms with Crippen molar-refractivity contribution in [1.29, 1.82) is 0 Å². The van der Waals surface area contributed by atoms with Crippen LogP contribution in [0.25, 0.3) is 0 Å². The van der Waals surface area contributed by atoms with E-state index in [-0.39, 0.29) is 17.9 Å². The minimum absolute atomic E-state index is 0.0228. The van der Waals surface area contributed by atoms with Gasteiger partial charge in [-0.15, -0.1) is 22.9 Å². The van der Waals surface area contributed by atoms with Crippen molar-refractivity contribution in [3.05, 3.63) is 16.1 Å². The number of amides is 1. The average Bonchev–Trinajstić information content (AvgIpc) is 2.63. The average molecular weight is 247 g/mol. The Kier molecular flexibility index (Phi) is 4.54. The summed E-state index contributed by atoms with van der Waals surface area (Å²) in [5.41, 5.74) is 0. The molecule has 1 amide bonds. The second kappa shape index (κ2) is 5.47. The fraction of sp³-hybridized carbons (Fsp3) is 0.600. The number of aryl methyl sites for hydroxylation is 1. The predicted octanol–water partition coefficient (Wildman–Crippen LogP) is 2.50. The quantitative estimate of drug-likeness (QED) is 0.830. The van der Waals surface area contributed by atoms with Crippen molar-refractivity contribution in [2.75, 3.05) is 5.88 Å². The van der Waals surface area contributed by atoms with E-state index in [0.717, 1.165) is 9.88 Å². The molecule has 0 aliphatic carbocycles. The summed E-state index contributed by atoms with van der Waals surface area (Å²) >= 11 is 7.20. The maximum absolute atomic E-state index is 11.5. The second-order valence-electron chi connectivity index (χ2n) is 3.59. The van der Waals surface area contributed by atoms with E-state index in [1.807, 2.05) is 27.0 Å². The van der Waals surface area contributed by atoms with E-state index in [1.165, 1.54) is 0 Å². The molecule has 0 aliphatic heterocycles. The lowest BCUT2D eigenvalue weighted by molar-refractivity contribution is -0.124. The lowest BCUT2D eigenvalue weighted by Gasteiger charge is -2.13. The van der Waals surface area contributed by atoms with Gasteiger partial charge in [-0.2, -0.15) is 0 Å². The number of thiazole rings is 1. The van der Waals surface area contributed by atoms with Gasteiger partial charge in [-0.3, -0.25) is 4.79 Å². The van der Waals surface area contributed by atoms with Gasteiger partial charge in [-0.25, -0.2) is 4.98 Å². The van der Waals surface area contributed by atoms with Crippen LogP contribution in [0.3, 0.4) is 0 Å². The van der Waals surface area contributed by atoms with Crippen LogP contribution in [-0.4, -0.2) is 16.8 Å². The molecule has 3 nitrogen and oxygen atoms in total. The lowest BCUT2D eigenvalue weighted by atomic mass is 10.2. The summed E-state index contributed by atoms with van der Waals surface area (Å²) in [4.78, 5) is 16.9. The first kappa shape index (κ1) is 12.5. The van der Waals surface area contributed by atoms with E-state index in [9.17, 15) is 4.79 Å². The lowest BCUT2D eigenvalue weighted by Crippen LogP contribution is -2.32. The number of carbonyl (C=O) groups excluding carboxylic acids is 1. The third kappa shape index (κ3) is 3.47. The second-order valence-corrected chi connectivity index (χ2v) is 5.17. The van der Waals surface area contributed by atoms with Crippen LogP contribution in [0.5, 0.6) is 0 Å². The molecule has 0 bridgehead atoms. The number of halogens is 1. The normalized spacial score (nSPS) is 14.7. The Morgan fingerprint density at radius 2 is 2.33 bits per heavy atom. The van der Waals surface area contributed by atoms with E-state index in [4.69, 9.17) is 11.6 Å². The SMILES string of the molecule is Cc1cnc(C(C)NC(=O)C(C)CCl)s1. The molecule has 0 fully saturated rings. The summed E-state index contributed by atoms with van der Waals surface area (Å²) in [5, 5.41) is 3.82. The summed E-state index contributed by atoms with van der Waals surface area (Å²) in [6.45, 7) is 5.73. The molecule has 2 unspecified atom stereocenters. The Labute approximate surface area is 98.9 Å². The Morgan fingerprint density at radius 1 is 1.67 bits per heavy atom. The molecular formula is C10H15ClN2OS. The Hall–Kier alpha value is -0.610. The molecule has 0 radical (unpaired) electrons.